The fourth-order valence-corrected chi connectivity index (χ4v) is 3.40. The SMILES string of the molecule is N#CCN1CCCC(c2ccnc(Nc3nc(C(=O)O)cs3)n2)C1. The molecule has 0 spiro atoms. The lowest BCUT2D eigenvalue weighted by atomic mass is 9.94. The Balaban J connectivity index is 1.71. The summed E-state index contributed by atoms with van der Waals surface area (Å²) < 4.78 is 0. The Labute approximate surface area is 142 Å². The van der Waals surface area contributed by atoms with E-state index in [4.69, 9.17) is 10.4 Å². The van der Waals surface area contributed by atoms with Crippen LogP contribution in [0.3, 0.4) is 0 Å². The third-order valence-corrected chi connectivity index (χ3v) is 4.59. The normalized spacial score (nSPS) is 18.0. The van der Waals surface area contributed by atoms with E-state index in [0.717, 1.165) is 31.6 Å². The van der Waals surface area contributed by atoms with Crippen molar-refractivity contribution in [3.05, 3.63) is 29.0 Å². The van der Waals surface area contributed by atoms with Crippen LogP contribution in [0, 0.1) is 11.3 Å². The van der Waals surface area contributed by atoms with Crippen molar-refractivity contribution in [2.24, 2.45) is 0 Å². The van der Waals surface area contributed by atoms with Crippen molar-refractivity contribution in [2.75, 3.05) is 25.0 Å². The highest BCUT2D eigenvalue weighted by Crippen LogP contribution is 2.26. The molecule has 24 heavy (non-hydrogen) atoms. The summed E-state index contributed by atoms with van der Waals surface area (Å²) in [5.41, 5.74) is 0.920. The van der Waals surface area contributed by atoms with Crippen LogP contribution in [0.1, 0.15) is 34.9 Å². The molecule has 0 bridgehead atoms. The highest BCUT2D eigenvalue weighted by molar-refractivity contribution is 7.14. The van der Waals surface area contributed by atoms with Crippen molar-refractivity contribution in [1.82, 2.24) is 19.9 Å². The first kappa shape index (κ1) is 16.3. The highest BCUT2D eigenvalue weighted by atomic mass is 32.1. The number of carboxylic acid groups (broad SMARTS) is 1. The minimum absolute atomic E-state index is 0.00178. The molecule has 8 nitrogen and oxygen atoms in total. The molecule has 0 aliphatic carbocycles. The quantitative estimate of drug-likeness (QED) is 0.792. The number of hydrogen-bond donors (Lipinski definition) is 2. The monoisotopic (exact) mass is 344 g/mol. The molecule has 3 heterocycles. The number of carbonyl (C=O) groups is 1. The first-order valence-corrected chi connectivity index (χ1v) is 8.42. The predicted octanol–water partition coefficient (Wildman–Crippen LogP) is 2.08. The van der Waals surface area contributed by atoms with E-state index in [-0.39, 0.29) is 11.6 Å². The average Bonchev–Trinajstić information content (AvgIpc) is 3.04. The van der Waals surface area contributed by atoms with Gasteiger partial charge in [0.15, 0.2) is 10.8 Å². The van der Waals surface area contributed by atoms with Crippen molar-refractivity contribution in [3.63, 3.8) is 0 Å². The van der Waals surface area contributed by atoms with E-state index < -0.39 is 5.97 Å². The van der Waals surface area contributed by atoms with Gasteiger partial charge in [-0.2, -0.15) is 5.26 Å². The van der Waals surface area contributed by atoms with Crippen LogP contribution in [0.15, 0.2) is 17.6 Å². The minimum atomic E-state index is -1.06. The molecule has 1 aliphatic rings. The van der Waals surface area contributed by atoms with Gasteiger partial charge in [-0.15, -0.1) is 11.3 Å². The number of nitriles is 1. The van der Waals surface area contributed by atoms with E-state index in [1.54, 1.807) is 6.20 Å². The van der Waals surface area contributed by atoms with Gasteiger partial charge in [0.05, 0.1) is 18.3 Å². The molecule has 0 amide bonds. The smallest absolute Gasteiger partial charge is 0.355 e. The first-order valence-electron chi connectivity index (χ1n) is 7.54. The second-order valence-corrected chi connectivity index (χ2v) is 6.36. The van der Waals surface area contributed by atoms with Crippen molar-refractivity contribution < 1.29 is 9.90 Å². The molecule has 2 aromatic heterocycles. The van der Waals surface area contributed by atoms with Gasteiger partial charge in [-0.25, -0.2) is 19.7 Å². The summed E-state index contributed by atoms with van der Waals surface area (Å²) in [6, 6.07) is 4.08. The number of aromatic carboxylic acids is 1. The Morgan fingerprint density at radius 1 is 1.54 bits per heavy atom. The van der Waals surface area contributed by atoms with Crippen LogP contribution < -0.4 is 5.32 Å². The molecule has 3 rings (SSSR count). The van der Waals surface area contributed by atoms with Gasteiger partial charge in [-0.1, -0.05) is 0 Å². The number of nitrogens with one attached hydrogen (secondary N) is 1. The van der Waals surface area contributed by atoms with Crippen LogP contribution in [-0.4, -0.2) is 50.6 Å². The van der Waals surface area contributed by atoms with E-state index >= 15 is 0 Å². The molecule has 0 saturated carbocycles. The molecule has 9 heteroatoms. The minimum Gasteiger partial charge on any atom is -0.476 e. The Morgan fingerprint density at radius 3 is 3.17 bits per heavy atom. The molecule has 0 radical (unpaired) electrons. The summed E-state index contributed by atoms with van der Waals surface area (Å²) in [5, 5.41) is 22.6. The van der Waals surface area contributed by atoms with Crippen molar-refractivity contribution in [1.29, 1.82) is 5.26 Å². The summed E-state index contributed by atoms with van der Waals surface area (Å²) in [6.07, 6.45) is 3.74. The number of aromatic nitrogens is 3. The van der Waals surface area contributed by atoms with Crippen LogP contribution >= 0.6 is 11.3 Å². The van der Waals surface area contributed by atoms with Gasteiger partial charge in [0, 0.05) is 24.0 Å². The molecular formula is C15H16N6O2S. The van der Waals surface area contributed by atoms with Crippen LogP contribution in [-0.2, 0) is 0 Å². The first-order chi connectivity index (χ1) is 11.7. The third kappa shape index (κ3) is 3.84. The molecule has 0 aromatic carbocycles. The maximum Gasteiger partial charge on any atom is 0.355 e. The number of likely N-dealkylation sites (tertiary alicyclic amines) is 1. The number of rotatable bonds is 5. The standard InChI is InChI=1S/C15H16N6O2S/c16-4-7-21-6-1-2-10(8-21)11-3-5-17-14(18-11)20-15-19-12(9-24-15)13(22)23/h3,5,9-10H,1-2,6-8H2,(H,22,23)(H,17,18,19,20). The maximum atomic E-state index is 10.9. The van der Waals surface area contributed by atoms with Gasteiger partial charge >= 0.3 is 5.97 Å². The van der Waals surface area contributed by atoms with Gasteiger partial charge in [0.2, 0.25) is 5.95 Å². The zero-order valence-corrected chi connectivity index (χ0v) is 13.7. The number of hydrogen-bond acceptors (Lipinski definition) is 8. The summed E-state index contributed by atoms with van der Waals surface area (Å²) >= 11 is 1.19. The lowest BCUT2D eigenvalue weighted by Crippen LogP contribution is -2.34. The fraction of sp³-hybridized carbons (Fsp3) is 0.400. The van der Waals surface area contributed by atoms with Crippen molar-refractivity contribution >= 4 is 28.4 Å². The second kappa shape index (κ2) is 7.33. The van der Waals surface area contributed by atoms with E-state index in [1.165, 1.54) is 16.7 Å². The third-order valence-electron chi connectivity index (χ3n) is 3.84. The van der Waals surface area contributed by atoms with Gasteiger partial charge in [0.25, 0.3) is 0 Å². The van der Waals surface area contributed by atoms with Crippen LogP contribution in [0.25, 0.3) is 0 Å². The molecule has 1 fully saturated rings. The molecular weight excluding hydrogens is 328 g/mol. The summed E-state index contributed by atoms with van der Waals surface area (Å²) in [6.45, 7) is 2.19. The second-order valence-electron chi connectivity index (χ2n) is 5.51. The molecule has 2 N–H and O–H groups in total. The Bertz CT molecular complexity index is 771. The van der Waals surface area contributed by atoms with Crippen LogP contribution in [0.5, 0.6) is 0 Å². The van der Waals surface area contributed by atoms with E-state index in [2.05, 4.69) is 31.2 Å². The van der Waals surface area contributed by atoms with E-state index in [9.17, 15) is 4.79 Å². The fourth-order valence-electron chi connectivity index (χ4n) is 2.73. The number of piperidine rings is 1. The van der Waals surface area contributed by atoms with Gasteiger partial charge in [-0.3, -0.25) is 4.90 Å². The molecule has 1 aliphatic heterocycles. The lowest BCUT2D eigenvalue weighted by Gasteiger charge is -2.30. The van der Waals surface area contributed by atoms with Crippen molar-refractivity contribution in [3.8, 4) is 6.07 Å². The molecule has 1 unspecified atom stereocenters. The molecule has 1 atom stereocenters. The number of anilines is 2. The van der Waals surface area contributed by atoms with Crippen molar-refractivity contribution in [2.45, 2.75) is 18.8 Å². The summed E-state index contributed by atoms with van der Waals surface area (Å²) in [4.78, 5) is 25.7. The van der Waals surface area contributed by atoms with Gasteiger partial charge in [0.1, 0.15) is 0 Å². The van der Waals surface area contributed by atoms with Gasteiger partial charge in [-0.05, 0) is 25.5 Å². The number of carboxylic acids is 1. The Morgan fingerprint density at radius 2 is 2.42 bits per heavy atom. The summed E-state index contributed by atoms with van der Waals surface area (Å²) in [7, 11) is 0. The Hall–Kier alpha value is -2.57. The zero-order valence-electron chi connectivity index (χ0n) is 12.8. The highest BCUT2D eigenvalue weighted by Gasteiger charge is 2.22. The lowest BCUT2D eigenvalue weighted by molar-refractivity contribution is 0.0691. The Kier molecular flexibility index (Phi) is 4.98. The summed E-state index contributed by atoms with van der Waals surface area (Å²) in [5.74, 6) is -0.397. The number of nitrogens with zero attached hydrogens (tertiary/aromatic N) is 5. The van der Waals surface area contributed by atoms with Crippen LogP contribution in [0.2, 0.25) is 0 Å². The van der Waals surface area contributed by atoms with E-state index in [0.29, 0.717) is 17.6 Å². The molecule has 2 aromatic rings. The number of thiazole rings is 1. The predicted molar refractivity (Wildman–Crippen MR) is 88.4 cm³/mol. The maximum absolute atomic E-state index is 10.9. The molecule has 1 saturated heterocycles. The zero-order chi connectivity index (χ0) is 16.9. The van der Waals surface area contributed by atoms with Crippen LogP contribution in [0.4, 0.5) is 11.1 Å². The topological polar surface area (TPSA) is 115 Å². The average molecular weight is 344 g/mol. The van der Waals surface area contributed by atoms with E-state index in [1.807, 2.05) is 6.07 Å². The molecule has 124 valence electrons. The van der Waals surface area contributed by atoms with Gasteiger partial charge < -0.3 is 10.4 Å². The largest absolute Gasteiger partial charge is 0.476 e.